The predicted molar refractivity (Wildman–Crippen MR) is 113 cm³/mol. The second-order valence-electron chi connectivity index (χ2n) is 6.66. The number of rotatable bonds is 9. The molecule has 0 aliphatic rings. The highest BCUT2D eigenvalue weighted by Gasteiger charge is 2.26. The monoisotopic (exact) mass is 404 g/mol. The molecule has 6 nitrogen and oxygen atoms in total. The van der Waals surface area contributed by atoms with Crippen molar-refractivity contribution in [1.29, 1.82) is 0 Å². The Balaban J connectivity index is 2.36. The zero-order valence-electron chi connectivity index (χ0n) is 16.8. The number of nitrogens with zero attached hydrogens (tertiary/aromatic N) is 1. The number of aliphatic hydroxyl groups is 1. The summed E-state index contributed by atoms with van der Waals surface area (Å²) in [4.78, 5) is 28.1. The molecule has 0 spiro atoms. The van der Waals surface area contributed by atoms with Crippen LogP contribution in [0.4, 0.5) is 5.00 Å². The lowest BCUT2D eigenvalue weighted by molar-refractivity contribution is -0.117. The van der Waals surface area contributed by atoms with E-state index >= 15 is 0 Å². The van der Waals surface area contributed by atoms with Crippen LogP contribution in [0.5, 0.6) is 0 Å². The zero-order valence-corrected chi connectivity index (χ0v) is 17.6. The highest BCUT2D eigenvalue weighted by atomic mass is 32.1. The molecule has 1 aromatic carbocycles. The van der Waals surface area contributed by atoms with Gasteiger partial charge in [0.15, 0.2) is 0 Å². The summed E-state index contributed by atoms with van der Waals surface area (Å²) in [6.45, 7) is 8.41. The number of esters is 1. The van der Waals surface area contributed by atoms with Gasteiger partial charge in [0.05, 0.1) is 19.8 Å². The molecule has 0 aliphatic carbocycles. The van der Waals surface area contributed by atoms with E-state index in [0.29, 0.717) is 17.1 Å². The first kappa shape index (κ1) is 22.1. The van der Waals surface area contributed by atoms with Crippen LogP contribution < -0.4 is 5.32 Å². The van der Waals surface area contributed by atoms with E-state index < -0.39 is 5.97 Å². The predicted octanol–water partition coefficient (Wildman–Crippen LogP) is 3.54. The number of aliphatic hydroxyl groups excluding tert-OH is 1. The van der Waals surface area contributed by atoms with Gasteiger partial charge < -0.3 is 15.2 Å². The maximum atomic E-state index is 12.7. The van der Waals surface area contributed by atoms with Crippen molar-refractivity contribution in [2.45, 2.75) is 33.7 Å². The summed E-state index contributed by atoms with van der Waals surface area (Å²) in [5.41, 5.74) is 2.08. The fourth-order valence-electron chi connectivity index (χ4n) is 2.98. The lowest BCUT2D eigenvalue weighted by Crippen LogP contribution is -2.39. The van der Waals surface area contributed by atoms with Gasteiger partial charge in [-0.15, -0.1) is 11.3 Å². The molecule has 1 aromatic heterocycles. The summed E-state index contributed by atoms with van der Waals surface area (Å²) >= 11 is 1.37. The number of anilines is 1. The van der Waals surface area contributed by atoms with E-state index in [-0.39, 0.29) is 31.7 Å². The maximum absolute atomic E-state index is 12.7. The molecular weight excluding hydrogens is 376 g/mol. The van der Waals surface area contributed by atoms with E-state index in [2.05, 4.69) is 5.32 Å². The lowest BCUT2D eigenvalue weighted by Gasteiger charge is -2.24. The zero-order chi connectivity index (χ0) is 20.7. The van der Waals surface area contributed by atoms with E-state index in [1.807, 2.05) is 56.0 Å². The minimum absolute atomic E-state index is 0.0181. The Morgan fingerprint density at radius 3 is 2.50 bits per heavy atom. The van der Waals surface area contributed by atoms with Gasteiger partial charge in [0.25, 0.3) is 0 Å². The number of hydrogen-bond donors (Lipinski definition) is 2. The van der Waals surface area contributed by atoms with Crippen LogP contribution in [0.2, 0.25) is 0 Å². The van der Waals surface area contributed by atoms with Gasteiger partial charge in [-0.3, -0.25) is 9.69 Å². The maximum Gasteiger partial charge on any atom is 0.341 e. The molecule has 2 aromatic rings. The molecule has 0 atom stereocenters. The van der Waals surface area contributed by atoms with E-state index in [9.17, 15) is 14.7 Å². The van der Waals surface area contributed by atoms with Crippen molar-refractivity contribution in [3.63, 3.8) is 0 Å². The van der Waals surface area contributed by atoms with Gasteiger partial charge in [-0.25, -0.2) is 4.79 Å². The number of benzene rings is 1. The minimum Gasteiger partial charge on any atom is -0.462 e. The van der Waals surface area contributed by atoms with Crippen LogP contribution in [0, 0.1) is 6.92 Å². The molecule has 152 valence electrons. The second kappa shape index (κ2) is 10.4. The Hall–Kier alpha value is -2.22. The molecule has 1 amide bonds. The summed E-state index contributed by atoms with van der Waals surface area (Å²) in [6.07, 6.45) is 0. The SMILES string of the molecule is CCOC(=O)c1c(NC(=O)CN(CCO)C(C)C)sc(C)c1-c1ccccc1. The van der Waals surface area contributed by atoms with E-state index in [1.165, 1.54) is 11.3 Å². The Morgan fingerprint density at radius 2 is 1.93 bits per heavy atom. The van der Waals surface area contributed by atoms with Crippen LogP contribution in [0.1, 0.15) is 36.0 Å². The van der Waals surface area contributed by atoms with E-state index in [4.69, 9.17) is 4.74 Å². The van der Waals surface area contributed by atoms with Gasteiger partial charge in [0, 0.05) is 23.0 Å². The number of carbonyl (C=O) groups excluding carboxylic acids is 2. The molecule has 0 saturated heterocycles. The summed E-state index contributed by atoms with van der Waals surface area (Å²) in [5.74, 6) is -0.675. The largest absolute Gasteiger partial charge is 0.462 e. The molecular formula is C21H28N2O4S. The topological polar surface area (TPSA) is 78.9 Å². The van der Waals surface area contributed by atoms with Crippen LogP contribution in [0.25, 0.3) is 11.1 Å². The van der Waals surface area contributed by atoms with Crippen molar-refractivity contribution in [3.05, 3.63) is 40.8 Å². The molecule has 2 N–H and O–H groups in total. The second-order valence-corrected chi connectivity index (χ2v) is 7.88. The smallest absolute Gasteiger partial charge is 0.341 e. The fourth-order valence-corrected chi connectivity index (χ4v) is 4.06. The quantitative estimate of drug-likeness (QED) is 0.625. The van der Waals surface area contributed by atoms with Crippen LogP contribution in [0.15, 0.2) is 30.3 Å². The third-order valence-corrected chi connectivity index (χ3v) is 5.36. The highest BCUT2D eigenvalue weighted by Crippen LogP contribution is 2.40. The highest BCUT2D eigenvalue weighted by molar-refractivity contribution is 7.17. The molecule has 7 heteroatoms. The number of aryl methyl sites for hydroxylation is 1. The van der Waals surface area contributed by atoms with Crippen LogP contribution >= 0.6 is 11.3 Å². The number of carbonyl (C=O) groups is 2. The van der Waals surface area contributed by atoms with Gasteiger partial charge in [0.1, 0.15) is 10.6 Å². The average molecular weight is 405 g/mol. The van der Waals surface area contributed by atoms with E-state index in [0.717, 1.165) is 16.0 Å². The van der Waals surface area contributed by atoms with Crippen molar-refractivity contribution in [3.8, 4) is 11.1 Å². The first-order chi connectivity index (χ1) is 13.4. The van der Waals surface area contributed by atoms with E-state index in [1.54, 1.807) is 6.92 Å². The third kappa shape index (κ3) is 5.41. The molecule has 0 unspecified atom stereocenters. The van der Waals surface area contributed by atoms with Crippen LogP contribution in [0.3, 0.4) is 0 Å². The molecule has 0 bridgehead atoms. The Morgan fingerprint density at radius 1 is 1.25 bits per heavy atom. The summed E-state index contributed by atoms with van der Waals surface area (Å²) in [7, 11) is 0. The molecule has 2 rings (SSSR count). The Labute approximate surface area is 170 Å². The minimum atomic E-state index is -0.447. The number of ether oxygens (including phenoxy) is 1. The molecule has 1 heterocycles. The van der Waals surface area contributed by atoms with Gasteiger partial charge in [-0.2, -0.15) is 0 Å². The van der Waals surface area contributed by atoms with Gasteiger partial charge >= 0.3 is 5.97 Å². The van der Waals surface area contributed by atoms with Crippen molar-refractivity contribution in [2.24, 2.45) is 0 Å². The van der Waals surface area contributed by atoms with Crippen molar-refractivity contribution in [1.82, 2.24) is 4.90 Å². The molecule has 0 saturated carbocycles. The van der Waals surface area contributed by atoms with Crippen molar-refractivity contribution < 1.29 is 19.4 Å². The normalized spacial score (nSPS) is 11.1. The molecule has 28 heavy (non-hydrogen) atoms. The number of hydrogen-bond acceptors (Lipinski definition) is 6. The van der Waals surface area contributed by atoms with Crippen LogP contribution in [-0.2, 0) is 9.53 Å². The standard InChI is InChI=1S/C21H28N2O4S/c1-5-27-21(26)19-18(16-9-7-6-8-10-16)15(4)28-20(19)22-17(25)13-23(11-12-24)14(2)3/h6-10,14,24H,5,11-13H2,1-4H3,(H,22,25). The lowest BCUT2D eigenvalue weighted by atomic mass is 10.0. The van der Waals surface area contributed by atoms with Crippen molar-refractivity contribution >= 4 is 28.2 Å². The van der Waals surface area contributed by atoms with Gasteiger partial charge in [-0.05, 0) is 33.3 Å². The van der Waals surface area contributed by atoms with Crippen molar-refractivity contribution in [2.75, 3.05) is 31.6 Å². The number of amides is 1. The summed E-state index contributed by atoms with van der Waals surface area (Å²) < 4.78 is 5.26. The number of thiophene rings is 1. The van der Waals surface area contributed by atoms with Gasteiger partial charge in [0.2, 0.25) is 5.91 Å². The molecule has 0 aliphatic heterocycles. The first-order valence-electron chi connectivity index (χ1n) is 9.39. The molecule has 0 radical (unpaired) electrons. The summed E-state index contributed by atoms with van der Waals surface area (Å²) in [6, 6.07) is 9.73. The Bertz CT molecular complexity index is 802. The van der Waals surface area contributed by atoms with Crippen LogP contribution in [-0.4, -0.2) is 54.2 Å². The molecule has 0 fully saturated rings. The van der Waals surface area contributed by atoms with Gasteiger partial charge in [-0.1, -0.05) is 30.3 Å². The average Bonchev–Trinajstić information content (AvgIpc) is 2.97. The Kier molecular flexibility index (Phi) is 8.17. The fraction of sp³-hybridized carbons (Fsp3) is 0.429. The number of nitrogens with one attached hydrogen (secondary N) is 1. The first-order valence-corrected chi connectivity index (χ1v) is 10.2. The third-order valence-electron chi connectivity index (χ3n) is 4.34. The summed E-state index contributed by atoms with van der Waals surface area (Å²) in [5, 5.41) is 12.6.